The van der Waals surface area contributed by atoms with Gasteiger partial charge in [-0.1, -0.05) is 32.9 Å². The molecule has 0 unspecified atom stereocenters. The molecule has 2 nitrogen and oxygen atoms in total. The second-order valence-electron chi connectivity index (χ2n) is 6.64. The van der Waals surface area contributed by atoms with Crippen LogP contribution in [0.5, 0.6) is 5.75 Å². The van der Waals surface area contributed by atoms with Gasteiger partial charge in [-0.15, -0.1) is 0 Å². The predicted octanol–water partition coefficient (Wildman–Crippen LogP) is 3.96. The third-order valence-corrected chi connectivity index (χ3v) is 3.96. The van der Waals surface area contributed by atoms with Gasteiger partial charge in [0.15, 0.2) is 0 Å². The largest absolute Gasteiger partial charge is 0.488 e. The minimum Gasteiger partial charge on any atom is -0.488 e. The average Bonchev–Trinajstić information content (AvgIpc) is 2.21. The van der Waals surface area contributed by atoms with Crippen LogP contribution in [0.15, 0.2) is 24.3 Å². The highest BCUT2D eigenvalue weighted by atomic mass is 16.5. The highest BCUT2D eigenvalue weighted by Crippen LogP contribution is 2.43. The lowest BCUT2D eigenvalue weighted by atomic mass is 9.67. The van der Waals surface area contributed by atoms with E-state index in [9.17, 15) is 0 Å². The Bertz CT molecular complexity index is 400. The Morgan fingerprint density at radius 2 is 1.72 bits per heavy atom. The summed E-state index contributed by atoms with van der Waals surface area (Å²) in [5.74, 6) is 1.81. The van der Waals surface area contributed by atoms with Crippen LogP contribution in [0.2, 0.25) is 0 Å². The zero-order chi connectivity index (χ0) is 13.3. The van der Waals surface area contributed by atoms with Gasteiger partial charge in [-0.25, -0.2) is 0 Å². The second kappa shape index (κ2) is 4.83. The summed E-state index contributed by atoms with van der Waals surface area (Å²) in [4.78, 5) is 2.11. The Balaban J connectivity index is 1.97. The van der Waals surface area contributed by atoms with E-state index in [0.29, 0.717) is 11.5 Å². The molecule has 0 bridgehead atoms. The van der Waals surface area contributed by atoms with Crippen molar-refractivity contribution in [1.29, 1.82) is 0 Å². The molecule has 2 rings (SSSR count). The molecule has 0 N–H and O–H groups in total. The summed E-state index contributed by atoms with van der Waals surface area (Å²) < 4.78 is 6.13. The van der Waals surface area contributed by atoms with Crippen molar-refractivity contribution in [1.82, 2.24) is 0 Å². The Labute approximate surface area is 111 Å². The van der Waals surface area contributed by atoms with Gasteiger partial charge in [0.25, 0.3) is 0 Å². The smallest absolute Gasteiger partial charge is 0.142 e. The van der Waals surface area contributed by atoms with Crippen molar-refractivity contribution in [2.75, 3.05) is 19.0 Å². The first-order valence-electron chi connectivity index (χ1n) is 6.81. The van der Waals surface area contributed by atoms with E-state index in [1.165, 1.54) is 12.8 Å². The van der Waals surface area contributed by atoms with E-state index in [1.54, 1.807) is 0 Å². The van der Waals surface area contributed by atoms with E-state index in [-0.39, 0.29) is 0 Å². The monoisotopic (exact) mass is 247 g/mol. The van der Waals surface area contributed by atoms with Gasteiger partial charge in [-0.05, 0) is 36.3 Å². The van der Waals surface area contributed by atoms with Crippen LogP contribution in [0, 0.1) is 11.3 Å². The minimum absolute atomic E-state index is 0.398. The number of hydrogen-bond acceptors (Lipinski definition) is 2. The van der Waals surface area contributed by atoms with Crippen LogP contribution in [0.3, 0.4) is 0 Å². The normalized spacial score (nSPS) is 23.4. The molecule has 100 valence electrons. The number of hydrogen-bond donors (Lipinski definition) is 0. The van der Waals surface area contributed by atoms with Crippen molar-refractivity contribution in [3.63, 3.8) is 0 Å². The first kappa shape index (κ1) is 13.3. The molecule has 1 fully saturated rings. The molecule has 1 saturated carbocycles. The van der Waals surface area contributed by atoms with Gasteiger partial charge in [0.1, 0.15) is 5.75 Å². The molecule has 18 heavy (non-hydrogen) atoms. The van der Waals surface area contributed by atoms with Crippen LogP contribution in [-0.4, -0.2) is 20.2 Å². The fourth-order valence-electron chi connectivity index (χ4n) is 2.47. The lowest BCUT2D eigenvalue weighted by Gasteiger charge is -2.43. The second-order valence-corrected chi connectivity index (χ2v) is 6.64. The van der Waals surface area contributed by atoms with E-state index in [1.807, 2.05) is 6.07 Å². The SMILES string of the molecule is CN(C)c1ccccc1OC1CC(C(C)(C)C)C1. The third-order valence-electron chi connectivity index (χ3n) is 3.96. The molecular formula is C16H25NO. The van der Waals surface area contributed by atoms with E-state index in [2.05, 4.69) is 58.0 Å². The Morgan fingerprint density at radius 3 is 2.28 bits per heavy atom. The number of benzene rings is 1. The lowest BCUT2D eigenvalue weighted by molar-refractivity contribution is 0.00762. The topological polar surface area (TPSA) is 12.5 Å². The van der Waals surface area contributed by atoms with Crippen LogP contribution in [0.4, 0.5) is 5.69 Å². The summed E-state index contributed by atoms with van der Waals surface area (Å²) >= 11 is 0. The van der Waals surface area contributed by atoms with Crippen molar-refractivity contribution in [3.05, 3.63) is 24.3 Å². The maximum Gasteiger partial charge on any atom is 0.142 e. The molecule has 1 aliphatic carbocycles. The van der Waals surface area contributed by atoms with Crippen molar-refractivity contribution in [2.45, 2.75) is 39.7 Å². The zero-order valence-corrected chi connectivity index (χ0v) is 12.2. The van der Waals surface area contributed by atoms with Gasteiger partial charge in [-0.2, -0.15) is 0 Å². The van der Waals surface area contributed by atoms with Gasteiger partial charge in [0, 0.05) is 14.1 Å². The molecule has 0 amide bonds. The van der Waals surface area contributed by atoms with Crippen molar-refractivity contribution < 1.29 is 4.74 Å². The summed E-state index contributed by atoms with van der Waals surface area (Å²) in [7, 11) is 4.11. The predicted molar refractivity (Wildman–Crippen MR) is 77.4 cm³/mol. The minimum atomic E-state index is 0.398. The van der Waals surface area contributed by atoms with Crippen LogP contribution >= 0.6 is 0 Å². The first-order chi connectivity index (χ1) is 8.38. The first-order valence-corrected chi connectivity index (χ1v) is 6.81. The fraction of sp³-hybridized carbons (Fsp3) is 0.625. The zero-order valence-electron chi connectivity index (χ0n) is 12.2. The van der Waals surface area contributed by atoms with Crippen LogP contribution < -0.4 is 9.64 Å². The summed E-state index contributed by atoms with van der Waals surface area (Å²) in [6.45, 7) is 6.96. The number of anilines is 1. The molecule has 0 atom stereocenters. The van der Waals surface area contributed by atoms with Crippen molar-refractivity contribution in [2.24, 2.45) is 11.3 Å². The highest BCUT2D eigenvalue weighted by Gasteiger charge is 2.38. The van der Waals surface area contributed by atoms with Crippen molar-refractivity contribution in [3.8, 4) is 5.75 Å². The molecule has 1 aliphatic rings. The quantitative estimate of drug-likeness (QED) is 0.801. The van der Waals surface area contributed by atoms with Gasteiger partial charge in [0.05, 0.1) is 11.8 Å². The molecule has 0 aliphatic heterocycles. The summed E-state index contributed by atoms with van der Waals surface area (Å²) in [6.07, 6.45) is 2.77. The van der Waals surface area contributed by atoms with E-state index >= 15 is 0 Å². The van der Waals surface area contributed by atoms with E-state index in [0.717, 1.165) is 17.4 Å². The molecule has 0 spiro atoms. The molecule has 0 radical (unpaired) electrons. The number of rotatable bonds is 3. The van der Waals surface area contributed by atoms with Gasteiger partial charge in [0.2, 0.25) is 0 Å². The van der Waals surface area contributed by atoms with Crippen molar-refractivity contribution >= 4 is 5.69 Å². The summed E-state index contributed by atoms with van der Waals surface area (Å²) in [5, 5.41) is 0. The number of para-hydroxylation sites is 2. The maximum absolute atomic E-state index is 6.13. The lowest BCUT2D eigenvalue weighted by Crippen LogP contribution is -2.40. The third kappa shape index (κ3) is 2.80. The summed E-state index contributed by atoms with van der Waals surface area (Å²) in [5.41, 5.74) is 1.58. The number of nitrogens with zero attached hydrogens (tertiary/aromatic N) is 1. The van der Waals surface area contributed by atoms with Crippen LogP contribution in [-0.2, 0) is 0 Å². The molecule has 1 aromatic carbocycles. The highest BCUT2D eigenvalue weighted by molar-refractivity contribution is 5.57. The maximum atomic E-state index is 6.13. The fourth-order valence-corrected chi connectivity index (χ4v) is 2.47. The average molecular weight is 247 g/mol. The molecular weight excluding hydrogens is 222 g/mol. The molecule has 0 aromatic heterocycles. The van der Waals surface area contributed by atoms with Gasteiger partial charge >= 0.3 is 0 Å². The van der Waals surface area contributed by atoms with Crippen LogP contribution in [0.25, 0.3) is 0 Å². The molecule has 0 heterocycles. The summed E-state index contributed by atoms with van der Waals surface area (Å²) in [6, 6.07) is 8.28. The molecule has 0 saturated heterocycles. The van der Waals surface area contributed by atoms with Gasteiger partial charge in [-0.3, -0.25) is 0 Å². The van der Waals surface area contributed by atoms with E-state index in [4.69, 9.17) is 4.74 Å². The number of ether oxygens (including phenoxy) is 1. The molecule has 1 aromatic rings. The Kier molecular flexibility index (Phi) is 3.56. The van der Waals surface area contributed by atoms with E-state index < -0.39 is 0 Å². The Morgan fingerprint density at radius 1 is 1.11 bits per heavy atom. The van der Waals surface area contributed by atoms with Crippen LogP contribution in [0.1, 0.15) is 33.6 Å². The Hall–Kier alpha value is -1.18. The van der Waals surface area contributed by atoms with Gasteiger partial charge < -0.3 is 9.64 Å². The molecule has 2 heteroatoms. The standard InChI is InChI=1S/C16H25NO/c1-16(2,3)12-10-13(11-12)18-15-9-7-6-8-14(15)17(4)5/h6-9,12-13H,10-11H2,1-5H3.